The van der Waals surface area contributed by atoms with Gasteiger partial charge in [-0.3, -0.25) is 0 Å². The zero-order chi connectivity index (χ0) is 12.3. The highest BCUT2D eigenvalue weighted by Gasteiger charge is 2.09. The molecule has 90 valence electrons. The Bertz CT molecular complexity index is 496. The predicted molar refractivity (Wildman–Crippen MR) is 77.2 cm³/mol. The monoisotopic (exact) mass is 310 g/mol. The van der Waals surface area contributed by atoms with Crippen LogP contribution in [0.1, 0.15) is 11.9 Å². The number of rotatable bonds is 4. The molecule has 2 rings (SSSR count). The third-order valence-corrected chi connectivity index (χ3v) is 4.19. The average molecular weight is 311 g/mol. The zero-order valence-electron chi connectivity index (χ0n) is 9.69. The molecule has 0 saturated heterocycles. The van der Waals surface area contributed by atoms with Crippen molar-refractivity contribution in [2.45, 2.75) is 13.3 Å². The van der Waals surface area contributed by atoms with E-state index in [0.29, 0.717) is 12.5 Å². The van der Waals surface area contributed by atoms with Crippen molar-refractivity contribution in [2.75, 3.05) is 6.54 Å². The summed E-state index contributed by atoms with van der Waals surface area (Å²) in [5, 5.41) is 3.27. The number of benzene rings is 1. The van der Waals surface area contributed by atoms with E-state index < -0.39 is 0 Å². The number of aromatic nitrogens is 1. The van der Waals surface area contributed by atoms with Crippen LogP contribution in [0, 0.1) is 5.92 Å². The first kappa shape index (κ1) is 12.7. The molecule has 17 heavy (non-hydrogen) atoms. The summed E-state index contributed by atoms with van der Waals surface area (Å²) in [6.07, 6.45) is 0.964. The molecule has 1 aromatic heterocycles. The van der Waals surface area contributed by atoms with Crippen molar-refractivity contribution in [3.63, 3.8) is 0 Å². The maximum absolute atomic E-state index is 5.63. The number of hydrogen-bond acceptors (Lipinski definition) is 3. The van der Waals surface area contributed by atoms with Crippen molar-refractivity contribution in [3.05, 3.63) is 39.1 Å². The highest BCUT2D eigenvalue weighted by molar-refractivity contribution is 9.10. The van der Waals surface area contributed by atoms with Gasteiger partial charge in [-0.15, -0.1) is 11.3 Å². The fourth-order valence-electron chi connectivity index (χ4n) is 1.58. The second kappa shape index (κ2) is 5.76. The molecule has 0 amide bonds. The standard InChI is InChI=1S/C13H15BrN2S/c1-9(7-15)6-13-16-12(8-17-13)10-4-2-3-5-11(10)14/h2-5,8-9H,6-7,15H2,1H3. The molecule has 1 unspecified atom stereocenters. The fraction of sp³-hybridized carbons (Fsp3) is 0.308. The molecule has 1 aromatic carbocycles. The van der Waals surface area contributed by atoms with Crippen LogP contribution in [0.4, 0.5) is 0 Å². The molecule has 1 atom stereocenters. The van der Waals surface area contributed by atoms with Gasteiger partial charge in [0, 0.05) is 21.8 Å². The SMILES string of the molecule is CC(CN)Cc1nc(-c2ccccc2Br)cs1. The van der Waals surface area contributed by atoms with E-state index in [1.54, 1.807) is 11.3 Å². The van der Waals surface area contributed by atoms with Gasteiger partial charge in [0.25, 0.3) is 0 Å². The van der Waals surface area contributed by atoms with E-state index in [2.05, 4.69) is 39.3 Å². The van der Waals surface area contributed by atoms with Crippen LogP contribution >= 0.6 is 27.3 Å². The van der Waals surface area contributed by atoms with Crippen LogP contribution in [0.25, 0.3) is 11.3 Å². The van der Waals surface area contributed by atoms with Crippen molar-refractivity contribution in [2.24, 2.45) is 11.7 Å². The summed E-state index contributed by atoms with van der Waals surface area (Å²) in [7, 11) is 0. The van der Waals surface area contributed by atoms with E-state index in [-0.39, 0.29) is 0 Å². The summed E-state index contributed by atoms with van der Waals surface area (Å²) in [4.78, 5) is 4.66. The van der Waals surface area contributed by atoms with Crippen molar-refractivity contribution in [1.82, 2.24) is 4.98 Å². The summed E-state index contributed by atoms with van der Waals surface area (Å²) >= 11 is 5.26. The number of nitrogens with zero attached hydrogens (tertiary/aromatic N) is 1. The predicted octanol–water partition coefficient (Wildman–Crippen LogP) is 3.71. The van der Waals surface area contributed by atoms with Crippen molar-refractivity contribution >= 4 is 27.3 Å². The lowest BCUT2D eigenvalue weighted by atomic mass is 10.1. The Balaban J connectivity index is 2.21. The Kier molecular flexibility index (Phi) is 4.31. The highest BCUT2D eigenvalue weighted by Crippen LogP contribution is 2.29. The molecule has 0 saturated carbocycles. The molecule has 1 heterocycles. The number of hydrogen-bond donors (Lipinski definition) is 1. The molecule has 0 aliphatic carbocycles. The van der Waals surface area contributed by atoms with Gasteiger partial charge >= 0.3 is 0 Å². The Hall–Kier alpha value is -0.710. The van der Waals surface area contributed by atoms with Crippen LogP contribution < -0.4 is 5.73 Å². The number of nitrogens with two attached hydrogens (primary N) is 1. The molecular weight excluding hydrogens is 296 g/mol. The Morgan fingerprint density at radius 3 is 2.88 bits per heavy atom. The average Bonchev–Trinajstić information content (AvgIpc) is 2.78. The van der Waals surface area contributed by atoms with Crippen molar-refractivity contribution in [3.8, 4) is 11.3 Å². The third kappa shape index (κ3) is 3.15. The van der Waals surface area contributed by atoms with E-state index in [4.69, 9.17) is 5.73 Å². The van der Waals surface area contributed by atoms with Gasteiger partial charge < -0.3 is 5.73 Å². The van der Waals surface area contributed by atoms with Gasteiger partial charge in [-0.05, 0) is 18.5 Å². The highest BCUT2D eigenvalue weighted by atomic mass is 79.9. The van der Waals surface area contributed by atoms with Gasteiger partial charge in [-0.2, -0.15) is 0 Å². The first-order valence-corrected chi connectivity index (χ1v) is 7.27. The van der Waals surface area contributed by atoms with Gasteiger partial charge in [0.2, 0.25) is 0 Å². The molecule has 0 spiro atoms. The minimum absolute atomic E-state index is 0.494. The molecule has 0 fully saturated rings. The summed E-state index contributed by atoms with van der Waals surface area (Å²) in [5.74, 6) is 0.494. The van der Waals surface area contributed by atoms with E-state index >= 15 is 0 Å². The summed E-state index contributed by atoms with van der Waals surface area (Å²) in [6, 6.07) is 8.16. The normalized spacial score (nSPS) is 12.6. The van der Waals surface area contributed by atoms with Crippen molar-refractivity contribution in [1.29, 1.82) is 0 Å². The molecule has 4 heteroatoms. The first-order valence-electron chi connectivity index (χ1n) is 5.60. The van der Waals surface area contributed by atoms with Crippen LogP contribution in [0.2, 0.25) is 0 Å². The lowest BCUT2D eigenvalue weighted by molar-refractivity contribution is 0.591. The van der Waals surface area contributed by atoms with E-state index in [9.17, 15) is 0 Å². The molecule has 0 aliphatic heterocycles. The summed E-state index contributed by atoms with van der Waals surface area (Å²) in [6.45, 7) is 2.86. The topological polar surface area (TPSA) is 38.9 Å². The van der Waals surface area contributed by atoms with Crippen molar-refractivity contribution < 1.29 is 0 Å². The summed E-state index contributed by atoms with van der Waals surface area (Å²) < 4.78 is 1.09. The van der Waals surface area contributed by atoms with E-state index in [1.807, 2.05) is 18.2 Å². The molecular formula is C13H15BrN2S. The smallest absolute Gasteiger partial charge is 0.0935 e. The Morgan fingerprint density at radius 1 is 1.41 bits per heavy atom. The zero-order valence-corrected chi connectivity index (χ0v) is 12.1. The van der Waals surface area contributed by atoms with Gasteiger partial charge in [0.05, 0.1) is 10.7 Å². The maximum atomic E-state index is 5.63. The van der Waals surface area contributed by atoms with Gasteiger partial charge in [0.15, 0.2) is 0 Å². The Morgan fingerprint density at radius 2 is 2.18 bits per heavy atom. The molecule has 0 radical (unpaired) electrons. The summed E-state index contributed by atoms with van der Waals surface area (Å²) in [5.41, 5.74) is 7.82. The van der Waals surface area contributed by atoms with Gasteiger partial charge in [-0.25, -0.2) is 4.98 Å². The third-order valence-electron chi connectivity index (χ3n) is 2.63. The first-order chi connectivity index (χ1) is 8.20. The molecule has 2 aromatic rings. The van der Waals surface area contributed by atoms with Gasteiger partial charge in [-0.1, -0.05) is 41.1 Å². The maximum Gasteiger partial charge on any atom is 0.0935 e. The number of halogens is 1. The Labute approximate surface area is 114 Å². The lowest BCUT2D eigenvalue weighted by Crippen LogP contribution is -2.12. The van der Waals surface area contributed by atoms with Crippen LogP contribution in [-0.4, -0.2) is 11.5 Å². The quantitative estimate of drug-likeness (QED) is 0.935. The largest absolute Gasteiger partial charge is 0.330 e. The molecule has 0 aliphatic rings. The number of thiazole rings is 1. The van der Waals surface area contributed by atoms with Gasteiger partial charge in [0.1, 0.15) is 0 Å². The van der Waals surface area contributed by atoms with E-state index in [0.717, 1.165) is 27.2 Å². The van der Waals surface area contributed by atoms with Crippen LogP contribution in [0.15, 0.2) is 34.1 Å². The molecule has 2 nitrogen and oxygen atoms in total. The molecule has 2 N–H and O–H groups in total. The van der Waals surface area contributed by atoms with E-state index in [1.165, 1.54) is 0 Å². The second-order valence-electron chi connectivity index (χ2n) is 4.15. The minimum atomic E-state index is 0.494. The van der Waals surface area contributed by atoms with Crippen LogP contribution in [0.3, 0.4) is 0 Å². The lowest BCUT2D eigenvalue weighted by Gasteiger charge is -2.04. The second-order valence-corrected chi connectivity index (χ2v) is 5.95. The van der Waals surface area contributed by atoms with Crippen LogP contribution in [-0.2, 0) is 6.42 Å². The van der Waals surface area contributed by atoms with Crippen LogP contribution in [0.5, 0.6) is 0 Å². The minimum Gasteiger partial charge on any atom is -0.330 e. The fourth-order valence-corrected chi connectivity index (χ4v) is 3.03. The molecule has 0 bridgehead atoms.